The van der Waals surface area contributed by atoms with Crippen LogP contribution in [-0.2, 0) is 6.54 Å². The molecule has 0 unspecified atom stereocenters. The third-order valence-corrected chi connectivity index (χ3v) is 4.67. The SMILES string of the molecule is CCn1ccc2ccc(NC(=O)NC[C@@H](O)c3cccs3)cc21. The molecular weight excluding hydrogens is 310 g/mol. The van der Waals surface area contributed by atoms with Crippen molar-refractivity contribution in [2.45, 2.75) is 19.6 Å². The molecule has 0 radical (unpaired) electrons. The van der Waals surface area contributed by atoms with Crippen molar-refractivity contribution in [3.8, 4) is 0 Å². The van der Waals surface area contributed by atoms with Crippen LogP contribution < -0.4 is 10.6 Å². The Balaban J connectivity index is 1.61. The number of hydrogen-bond donors (Lipinski definition) is 3. The summed E-state index contributed by atoms with van der Waals surface area (Å²) in [4.78, 5) is 12.8. The number of carbonyl (C=O) groups is 1. The number of nitrogens with zero attached hydrogens (tertiary/aromatic N) is 1. The standard InChI is InChI=1S/C17H19N3O2S/c1-2-20-8-7-12-5-6-13(10-14(12)20)19-17(22)18-11-15(21)16-4-3-9-23-16/h3-10,15,21H,2,11H2,1H3,(H2,18,19,22)/t15-/m1/s1. The fraction of sp³-hybridized carbons (Fsp3) is 0.235. The molecule has 1 atom stereocenters. The molecule has 2 heterocycles. The van der Waals surface area contributed by atoms with Gasteiger partial charge < -0.3 is 20.3 Å². The van der Waals surface area contributed by atoms with E-state index in [2.05, 4.69) is 28.2 Å². The van der Waals surface area contributed by atoms with Crippen molar-refractivity contribution >= 4 is 34.0 Å². The minimum Gasteiger partial charge on any atom is -0.386 e. The average molecular weight is 329 g/mol. The summed E-state index contributed by atoms with van der Waals surface area (Å²) in [6.45, 7) is 3.14. The van der Waals surface area contributed by atoms with Gasteiger partial charge >= 0.3 is 6.03 Å². The van der Waals surface area contributed by atoms with E-state index in [4.69, 9.17) is 0 Å². The second kappa shape index (κ2) is 6.85. The Morgan fingerprint density at radius 3 is 2.96 bits per heavy atom. The van der Waals surface area contributed by atoms with Crippen LogP contribution in [0.4, 0.5) is 10.5 Å². The number of rotatable bonds is 5. The van der Waals surface area contributed by atoms with Crippen molar-refractivity contribution in [2.75, 3.05) is 11.9 Å². The molecule has 0 saturated carbocycles. The van der Waals surface area contributed by atoms with Crippen LogP contribution in [0.2, 0.25) is 0 Å². The monoisotopic (exact) mass is 329 g/mol. The molecule has 0 saturated heterocycles. The molecule has 0 spiro atoms. The van der Waals surface area contributed by atoms with E-state index in [1.807, 2.05) is 41.9 Å². The Labute approximate surface area is 138 Å². The molecule has 1 aromatic carbocycles. The van der Waals surface area contributed by atoms with E-state index in [0.29, 0.717) is 0 Å². The van der Waals surface area contributed by atoms with Gasteiger partial charge in [-0.25, -0.2) is 4.79 Å². The van der Waals surface area contributed by atoms with Gasteiger partial charge in [-0.05, 0) is 42.0 Å². The van der Waals surface area contributed by atoms with Gasteiger partial charge in [-0.15, -0.1) is 11.3 Å². The molecule has 0 bridgehead atoms. The summed E-state index contributed by atoms with van der Waals surface area (Å²) >= 11 is 1.47. The van der Waals surface area contributed by atoms with Crippen LogP contribution >= 0.6 is 11.3 Å². The lowest BCUT2D eigenvalue weighted by Gasteiger charge is -2.11. The Morgan fingerprint density at radius 1 is 1.35 bits per heavy atom. The first-order valence-electron chi connectivity index (χ1n) is 7.52. The highest BCUT2D eigenvalue weighted by Crippen LogP contribution is 2.21. The molecule has 3 aromatic rings. The van der Waals surface area contributed by atoms with Crippen LogP contribution in [-0.4, -0.2) is 22.2 Å². The molecule has 120 valence electrons. The molecule has 23 heavy (non-hydrogen) atoms. The van der Waals surface area contributed by atoms with Crippen LogP contribution in [0, 0.1) is 0 Å². The predicted octanol–water partition coefficient (Wildman–Crippen LogP) is 3.58. The number of thiophene rings is 1. The molecule has 3 rings (SSSR count). The number of aryl methyl sites for hydroxylation is 1. The number of carbonyl (C=O) groups excluding carboxylic acids is 1. The molecule has 0 aliphatic heterocycles. The van der Waals surface area contributed by atoms with Gasteiger partial charge in [0.1, 0.15) is 6.10 Å². The topological polar surface area (TPSA) is 66.3 Å². The van der Waals surface area contributed by atoms with Crippen LogP contribution in [0.25, 0.3) is 10.9 Å². The van der Waals surface area contributed by atoms with Crippen molar-refractivity contribution in [3.63, 3.8) is 0 Å². The third kappa shape index (κ3) is 3.55. The normalized spacial score (nSPS) is 12.3. The summed E-state index contributed by atoms with van der Waals surface area (Å²) in [5, 5.41) is 18.5. The van der Waals surface area contributed by atoms with Crippen molar-refractivity contribution in [3.05, 3.63) is 52.9 Å². The molecule has 0 aliphatic rings. The fourth-order valence-electron chi connectivity index (χ4n) is 2.48. The van der Waals surface area contributed by atoms with E-state index < -0.39 is 6.10 Å². The smallest absolute Gasteiger partial charge is 0.319 e. The molecule has 3 N–H and O–H groups in total. The second-order valence-electron chi connectivity index (χ2n) is 5.24. The highest BCUT2D eigenvalue weighted by Gasteiger charge is 2.10. The first-order valence-corrected chi connectivity index (χ1v) is 8.40. The number of anilines is 1. The fourth-order valence-corrected chi connectivity index (χ4v) is 3.20. The minimum atomic E-state index is -0.680. The molecule has 6 heteroatoms. The number of aliphatic hydroxyl groups excluding tert-OH is 1. The summed E-state index contributed by atoms with van der Waals surface area (Å²) in [6, 6.07) is 11.3. The van der Waals surface area contributed by atoms with Crippen LogP contribution in [0.15, 0.2) is 48.0 Å². The van der Waals surface area contributed by atoms with E-state index in [0.717, 1.165) is 28.0 Å². The van der Waals surface area contributed by atoms with Crippen molar-refractivity contribution in [1.29, 1.82) is 0 Å². The third-order valence-electron chi connectivity index (χ3n) is 3.70. The number of benzene rings is 1. The predicted molar refractivity (Wildman–Crippen MR) is 93.9 cm³/mol. The summed E-state index contributed by atoms with van der Waals surface area (Å²) in [5.74, 6) is 0. The minimum absolute atomic E-state index is 0.180. The maximum atomic E-state index is 12.0. The first kappa shape index (κ1) is 15.6. The van der Waals surface area contributed by atoms with Gasteiger partial charge in [-0.2, -0.15) is 0 Å². The zero-order chi connectivity index (χ0) is 16.2. The maximum absolute atomic E-state index is 12.0. The Morgan fingerprint density at radius 2 is 2.22 bits per heavy atom. The number of hydrogen-bond acceptors (Lipinski definition) is 3. The van der Waals surface area contributed by atoms with Gasteiger partial charge in [-0.1, -0.05) is 12.1 Å². The number of amides is 2. The zero-order valence-electron chi connectivity index (χ0n) is 12.8. The van der Waals surface area contributed by atoms with Crippen LogP contribution in [0.3, 0.4) is 0 Å². The molecule has 0 fully saturated rings. The second-order valence-corrected chi connectivity index (χ2v) is 6.22. The van der Waals surface area contributed by atoms with E-state index in [-0.39, 0.29) is 12.6 Å². The van der Waals surface area contributed by atoms with E-state index in [1.54, 1.807) is 0 Å². The van der Waals surface area contributed by atoms with E-state index in [9.17, 15) is 9.90 Å². The van der Waals surface area contributed by atoms with E-state index in [1.165, 1.54) is 11.3 Å². The van der Waals surface area contributed by atoms with Crippen LogP contribution in [0.1, 0.15) is 17.9 Å². The maximum Gasteiger partial charge on any atom is 0.319 e. The van der Waals surface area contributed by atoms with Gasteiger partial charge in [-0.3, -0.25) is 0 Å². The Kier molecular flexibility index (Phi) is 4.64. The number of fused-ring (bicyclic) bond motifs is 1. The molecule has 2 aromatic heterocycles. The zero-order valence-corrected chi connectivity index (χ0v) is 13.6. The average Bonchev–Trinajstić information content (AvgIpc) is 3.21. The van der Waals surface area contributed by atoms with Gasteiger partial charge in [0.2, 0.25) is 0 Å². The highest BCUT2D eigenvalue weighted by atomic mass is 32.1. The quantitative estimate of drug-likeness (QED) is 0.670. The number of aliphatic hydroxyl groups is 1. The Bertz CT molecular complexity index is 795. The summed E-state index contributed by atoms with van der Waals surface area (Å²) in [6.07, 6.45) is 1.35. The lowest BCUT2D eigenvalue weighted by molar-refractivity contribution is 0.178. The van der Waals surface area contributed by atoms with Crippen molar-refractivity contribution in [1.82, 2.24) is 9.88 Å². The van der Waals surface area contributed by atoms with Gasteiger partial charge in [0.05, 0.1) is 12.1 Å². The van der Waals surface area contributed by atoms with Gasteiger partial charge in [0.15, 0.2) is 0 Å². The summed E-state index contributed by atoms with van der Waals surface area (Å²) in [5.41, 5.74) is 1.82. The van der Waals surface area contributed by atoms with E-state index >= 15 is 0 Å². The molecule has 2 amide bonds. The molecular formula is C17H19N3O2S. The highest BCUT2D eigenvalue weighted by molar-refractivity contribution is 7.10. The largest absolute Gasteiger partial charge is 0.386 e. The lowest BCUT2D eigenvalue weighted by Crippen LogP contribution is -2.32. The Hall–Kier alpha value is -2.31. The first-order chi connectivity index (χ1) is 11.2. The molecule has 0 aliphatic carbocycles. The number of nitrogens with one attached hydrogen (secondary N) is 2. The molecule has 5 nitrogen and oxygen atoms in total. The van der Waals surface area contributed by atoms with Gasteiger partial charge in [0.25, 0.3) is 0 Å². The number of aromatic nitrogens is 1. The summed E-state index contributed by atoms with van der Waals surface area (Å²) in [7, 11) is 0. The van der Waals surface area contributed by atoms with Crippen LogP contribution in [0.5, 0.6) is 0 Å². The summed E-state index contributed by atoms with van der Waals surface area (Å²) < 4.78 is 2.12. The van der Waals surface area contributed by atoms with Gasteiger partial charge in [0, 0.05) is 23.3 Å². The number of urea groups is 1. The van der Waals surface area contributed by atoms with Crippen molar-refractivity contribution < 1.29 is 9.90 Å². The lowest BCUT2D eigenvalue weighted by atomic mass is 10.2. The van der Waals surface area contributed by atoms with Crippen molar-refractivity contribution in [2.24, 2.45) is 0 Å².